The summed E-state index contributed by atoms with van der Waals surface area (Å²) in [5.74, 6) is -0.432. The smallest absolute Gasteiger partial charge is 0.192 e. The molecule has 1 unspecified atom stereocenters. The maximum Gasteiger partial charge on any atom is 0.192 e. The molecule has 0 radical (unpaired) electrons. The maximum absolute atomic E-state index is 14.2. The van der Waals surface area contributed by atoms with Gasteiger partial charge in [0.1, 0.15) is 17.3 Å². The van der Waals surface area contributed by atoms with Crippen LogP contribution in [0.25, 0.3) is 0 Å². The number of hydrogen-bond donors (Lipinski definition) is 0. The second kappa shape index (κ2) is 9.94. The first-order chi connectivity index (χ1) is 17.2. The predicted molar refractivity (Wildman–Crippen MR) is 146 cm³/mol. The fourth-order valence-corrected chi connectivity index (χ4v) is 12.1. The molecule has 0 aromatic heterocycles. The fraction of sp³-hybridized carbons (Fsp3) is 0.900. The molecule has 0 bridgehead atoms. The Balaban J connectivity index is 1.83. The van der Waals surface area contributed by atoms with E-state index in [4.69, 9.17) is 13.9 Å². The molecule has 37 heavy (non-hydrogen) atoms. The third-order valence-corrected chi connectivity index (χ3v) is 16.0. The van der Waals surface area contributed by atoms with Crippen molar-refractivity contribution in [2.45, 2.75) is 136 Å². The van der Waals surface area contributed by atoms with Crippen molar-refractivity contribution >= 4 is 25.7 Å². The van der Waals surface area contributed by atoms with Gasteiger partial charge in [0.2, 0.25) is 0 Å². The van der Waals surface area contributed by atoms with Crippen LogP contribution in [0.1, 0.15) is 100 Å². The number of carbonyl (C=O) groups is 3. The maximum atomic E-state index is 14.2. The van der Waals surface area contributed by atoms with E-state index in [-0.39, 0.29) is 46.6 Å². The Labute approximate surface area is 225 Å². The highest BCUT2D eigenvalue weighted by atomic mass is 28.4. The van der Waals surface area contributed by atoms with Gasteiger partial charge < -0.3 is 18.7 Å². The first-order valence-electron chi connectivity index (χ1n) is 14.8. The number of fused-ring (bicyclic) bond motifs is 3. The second-order valence-corrected chi connectivity index (χ2v) is 18.2. The molecule has 4 aliphatic rings. The van der Waals surface area contributed by atoms with E-state index in [1.807, 2.05) is 20.8 Å². The molecule has 210 valence electrons. The number of hydrogen-bond acceptors (Lipinski definition) is 6. The van der Waals surface area contributed by atoms with Gasteiger partial charge in [-0.15, -0.1) is 0 Å². The van der Waals surface area contributed by atoms with Gasteiger partial charge in [-0.3, -0.25) is 9.59 Å². The zero-order valence-electron chi connectivity index (χ0n) is 24.5. The minimum atomic E-state index is -2.06. The second-order valence-electron chi connectivity index (χ2n) is 13.5. The lowest BCUT2D eigenvalue weighted by atomic mass is 9.46. The lowest BCUT2D eigenvalue weighted by molar-refractivity contribution is -0.199. The van der Waals surface area contributed by atoms with Gasteiger partial charge in [-0.25, -0.2) is 0 Å². The molecule has 0 N–H and O–H groups in total. The Morgan fingerprint density at radius 3 is 2.22 bits per heavy atom. The highest BCUT2D eigenvalue weighted by Crippen LogP contribution is 2.69. The molecule has 0 aromatic carbocycles. The number of ketones is 3. The average Bonchev–Trinajstić information content (AvgIpc) is 3.34. The molecule has 0 aromatic rings. The highest BCUT2D eigenvalue weighted by molar-refractivity contribution is 6.73. The zero-order valence-corrected chi connectivity index (χ0v) is 25.5. The molecular weight excluding hydrogens is 484 g/mol. The Bertz CT molecular complexity index is 919. The van der Waals surface area contributed by atoms with Gasteiger partial charge in [0.05, 0.1) is 18.3 Å². The van der Waals surface area contributed by atoms with Crippen molar-refractivity contribution in [1.82, 2.24) is 0 Å². The standard InChI is InChI=1S/C30H50O6Si/c1-9-37(10-2,11-3)36-30-17-15-21(24-19-34-27(5,6)35-24)29(30,8)18-23(32)26-22(30)12-13-25(33)28(26,7)16-14-20(4)31/h21-22,24,26H,9-19H2,1-8H3/t21-,22-,24?,26-,28+,29-,30+/m1/s1. The molecule has 7 atom stereocenters. The molecule has 1 aliphatic heterocycles. The lowest BCUT2D eigenvalue weighted by Crippen LogP contribution is -2.68. The molecule has 0 amide bonds. The van der Waals surface area contributed by atoms with Crippen molar-refractivity contribution in [2.75, 3.05) is 6.61 Å². The van der Waals surface area contributed by atoms with E-state index in [1.165, 1.54) is 0 Å². The van der Waals surface area contributed by atoms with Crippen LogP contribution in [0.15, 0.2) is 0 Å². The summed E-state index contributed by atoms with van der Waals surface area (Å²) in [5.41, 5.74) is -1.64. The zero-order chi connectivity index (χ0) is 27.4. The van der Waals surface area contributed by atoms with Gasteiger partial charge in [-0.1, -0.05) is 34.6 Å². The SMILES string of the molecule is CC[Si](CC)(CC)O[C@]12CC[C@H](C3COC(C)(C)O3)[C@@]1(C)CC(=O)[C@H]1[C@H]2CCC(=O)[C@]1(C)CCC(C)=O. The number of Topliss-reactive ketones (excluding diaryl/α,β-unsaturated/α-hetero) is 3. The van der Waals surface area contributed by atoms with Crippen LogP contribution in [-0.2, 0) is 28.3 Å². The summed E-state index contributed by atoms with van der Waals surface area (Å²) in [4.78, 5) is 39.7. The van der Waals surface area contributed by atoms with E-state index >= 15 is 0 Å². The number of ether oxygens (including phenoxy) is 2. The van der Waals surface area contributed by atoms with E-state index in [0.717, 1.165) is 31.0 Å². The molecule has 3 aliphatic carbocycles. The predicted octanol–water partition coefficient (Wildman–Crippen LogP) is 6.26. The van der Waals surface area contributed by atoms with Crippen LogP contribution in [0, 0.1) is 28.6 Å². The Kier molecular flexibility index (Phi) is 7.82. The molecule has 1 heterocycles. The van der Waals surface area contributed by atoms with E-state index in [9.17, 15) is 14.4 Å². The Hall–Kier alpha value is -0.893. The molecule has 3 saturated carbocycles. The van der Waals surface area contributed by atoms with Gasteiger partial charge in [-0.05, 0) is 76.4 Å². The molecule has 6 nitrogen and oxygen atoms in total. The van der Waals surface area contributed by atoms with Crippen molar-refractivity contribution in [3.8, 4) is 0 Å². The van der Waals surface area contributed by atoms with Crippen LogP contribution in [0.3, 0.4) is 0 Å². The monoisotopic (exact) mass is 534 g/mol. The van der Waals surface area contributed by atoms with E-state index in [1.54, 1.807) is 6.92 Å². The summed E-state index contributed by atoms with van der Waals surface area (Å²) >= 11 is 0. The third-order valence-electron chi connectivity index (χ3n) is 11.3. The first kappa shape index (κ1) is 29.1. The average molecular weight is 535 g/mol. The third kappa shape index (κ3) is 4.54. The van der Waals surface area contributed by atoms with E-state index in [0.29, 0.717) is 38.7 Å². The normalized spacial score (nSPS) is 41.5. The highest BCUT2D eigenvalue weighted by Gasteiger charge is 2.72. The first-order valence-corrected chi connectivity index (χ1v) is 17.3. The van der Waals surface area contributed by atoms with Crippen molar-refractivity contribution in [2.24, 2.45) is 28.6 Å². The number of carbonyl (C=O) groups excluding carboxylic acids is 3. The van der Waals surface area contributed by atoms with Gasteiger partial charge >= 0.3 is 0 Å². The van der Waals surface area contributed by atoms with Crippen LogP contribution in [0.5, 0.6) is 0 Å². The largest absolute Gasteiger partial charge is 0.410 e. The Morgan fingerprint density at radius 1 is 1.03 bits per heavy atom. The van der Waals surface area contributed by atoms with E-state index < -0.39 is 25.1 Å². The van der Waals surface area contributed by atoms with Gasteiger partial charge in [-0.2, -0.15) is 0 Å². The molecule has 0 spiro atoms. The summed E-state index contributed by atoms with van der Waals surface area (Å²) in [7, 11) is -2.06. The topological polar surface area (TPSA) is 78.9 Å². The quantitative estimate of drug-likeness (QED) is 0.325. The molecule has 4 fully saturated rings. The summed E-state index contributed by atoms with van der Waals surface area (Å²) in [6.45, 7) is 17.1. The molecule has 4 rings (SSSR count). The summed E-state index contributed by atoms with van der Waals surface area (Å²) in [6.07, 6.45) is 4.13. The van der Waals surface area contributed by atoms with Crippen molar-refractivity contribution in [1.29, 1.82) is 0 Å². The van der Waals surface area contributed by atoms with Crippen molar-refractivity contribution < 1.29 is 28.3 Å². The van der Waals surface area contributed by atoms with Crippen LogP contribution in [0.4, 0.5) is 0 Å². The molecule has 1 saturated heterocycles. The minimum Gasteiger partial charge on any atom is -0.410 e. The summed E-state index contributed by atoms with van der Waals surface area (Å²) in [5, 5.41) is 0. The van der Waals surface area contributed by atoms with Gasteiger partial charge in [0, 0.05) is 36.0 Å². The van der Waals surface area contributed by atoms with Crippen LogP contribution in [-0.4, -0.2) is 49.8 Å². The molecule has 7 heteroatoms. The van der Waals surface area contributed by atoms with Crippen LogP contribution < -0.4 is 0 Å². The van der Waals surface area contributed by atoms with Gasteiger partial charge in [0.25, 0.3) is 0 Å². The Morgan fingerprint density at radius 2 is 1.68 bits per heavy atom. The van der Waals surface area contributed by atoms with E-state index in [2.05, 4.69) is 27.7 Å². The van der Waals surface area contributed by atoms with Crippen molar-refractivity contribution in [3.63, 3.8) is 0 Å². The molecular formula is C30H50O6Si. The summed E-state index contributed by atoms with van der Waals surface area (Å²) < 4.78 is 20.1. The van der Waals surface area contributed by atoms with Crippen molar-refractivity contribution in [3.05, 3.63) is 0 Å². The van der Waals surface area contributed by atoms with Gasteiger partial charge in [0.15, 0.2) is 14.1 Å². The van der Waals surface area contributed by atoms with Crippen LogP contribution in [0.2, 0.25) is 18.1 Å². The fourth-order valence-electron chi connectivity index (χ4n) is 8.92. The number of rotatable bonds is 9. The summed E-state index contributed by atoms with van der Waals surface area (Å²) in [6, 6.07) is 3.14. The lowest BCUT2D eigenvalue weighted by Gasteiger charge is -2.63. The van der Waals surface area contributed by atoms with Crippen LogP contribution >= 0.6 is 0 Å². The minimum absolute atomic E-state index is 0.00901.